The maximum atomic E-state index is 12.8. The van der Waals surface area contributed by atoms with E-state index >= 15 is 0 Å². The summed E-state index contributed by atoms with van der Waals surface area (Å²) in [5, 5.41) is 11.8. The molecule has 33 heavy (non-hydrogen) atoms. The molecule has 8 heteroatoms. The molecule has 1 fully saturated rings. The molecule has 1 amide bonds. The SMILES string of the molecule is CN1CCN(Cc2ccccc2)C[C@@H]1c1nnc2ccc(C(=O)NCc3cccnc3)cn12. The minimum Gasteiger partial charge on any atom is -0.348 e. The molecule has 0 spiro atoms. The molecule has 4 aromatic rings. The first-order valence-corrected chi connectivity index (χ1v) is 11.2. The van der Waals surface area contributed by atoms with Crippen molar-refractivity contribution in [2.75, 3.05) is 26.7 Å². The second kappa shape index (κ2) is 9.48. The van der Waals surface area contributed by atoms with E-state index in [0.29, 0.717) is 12.1 Å². The monoisotopic (exact) mass is 441 g/mol. The van der Waals surface area contributed by atoms with Crippen LogP contribution in [0.4, 0.5) is 0 Å². The number of aromatic nitrogens is 4. The fraction of sp³-hybridized carbons (Fsp3) is 0.280. The maximum Gasteiger partial charge on any atom is 0.253 e. The number of carbonyl (C=O) groups is 1. The van der Waals surface area contributed by atoms with Gasteiger partial charge in [-0.25, -0.2) is 0 Å². The van der Waals surface area contributed by atoms with Crippen LogP contribution < -0.4 is 5.32 Å². The van der Waals surface area contributed by atoms with E-state index in [2.05, 4.69) is 61.6 Å². The number of nitrogens with one attached hydrogen (secondary N) is 1. The highest BCUT2D eigenvalue weighted by atomic mass is 16.1. The van der Waals surface area contributed by atoms with Crippen molar-refractivity contribution in [1.82, 2.24) is 34.7 Å². The third-order valence-electron chi connectivity index (χ3n) is 6.15. The molecule has 3 aromatic heterocycles. The first-order valence-electron chi connectivity index (χ1n) is 11.2. The summed E-state index contributed by atoms with van der Waals surface area (Å²) in [4.78, 5) is 21.6. The van der Waals surface area contributed by atoms with Gasteiger partial charge in [-0.05, 0) is 36.4 Å². The Morgan fingerprint density at radius 2 is 1.88 bits per heavy atom. The Morgan fingerprint density at radius 1 is 1.03 bits per heavy atom. The van der Waals surface area contributed by atoms with Gasteiger partial charge >= 0.3 is 0 Å². The number of benzene rings is 1. The molecule has 168 valence electrons. The van der Waals surface area contributed by atoms with Crippen LogP contribution in [0.2, 0.25) is 0 Å². The van der Waals surface area contributed by atoms with Crippen LogP contribution >= 0.6 is 0 Å². The number of amides is 1. The van der Waals surface area contributed by atoms with Crippen LogP contribution in [-0.2, 0) is 13.1 Å². The number of likely N-dealkylation sites (N-methyl/N-ethyl adjacent to an activating group) is 1. The predicted octanol–water partition coefficient (Wildman–Crippen LogP) is 2.54. The second-order valence-corrected chi connectivity index (χ2v) is 8.47. The molecule has 1 N–H and O–H groups in total. The average Bonchev–Trinajstić information content (AvgIpc) is 3.28. The molecule has 8 nitrogen and oxygen atoms in total. The molecule has 0 radical (unpaired) electrons. The van der Waals surface area contributed by atoms with Gasteiger partial charge in [0, 0.05) is 51.3 Å². The minimum atomic E-state index is -0.136. The van der Waals surface area contributed by atoms with E-state index in [1.54, 1.807) is 18.5 Å². The lowest BCUT2D eigenvalue weighted by molar-refractivity contribution is 0.0852. The largest absolute Gasteiger partial charge is 0.348 e. The van der Waals surface area contributed by atoms with Crippen molar-refractivity contribution in [3.05, 3.63) is 95.7 Å². The lowest BCUT2D eigenvalue weighted by Crippen LogP contribution is -2.46. The van der Waals surface area contributed by atoms with Gasteiger partial charge in [0.2, 0.25) is 0 Å². The zero-order valence-corrected chi connectivity index (χ0v) is 18.6. The molecule has 1 atom stereocenters. The van der Waals surface area contributed by atoms with Gasteiger partial charge in [0.25, 0.3) is 5.91 Å². The number of rotatable bonds is 6. The first-order chi connectivity index (χ1) is 16.2. The van der Waals surface area contributed by atoms with Crippen LogP contribution in [0.15, 0.2) is 73.2 Å². The van der Waals surface area contributed by atoms with Gasteiger partial charge in [-0.3, -0.25) is 24.0 Å². The fourth-order valence-corrected chi connectivity index (χ4v) is 4.25. The van der Waals surface area contributed by atoms with Crippen molar-refractivity contribution in [3.8, 4) is 0 Å². The van der Waals surface area contributed by atoms with Gasteiger partial charge in [-0.15, -0.1) is 10.2 Å². The molecule has 1 aliphatic rings. The highest BCUT2D eigenvalue weighted by Crippen LogP contribution is 2.24. The molecule has 1 aromatic carbocycles. The third kappa shape index (κ3) is 4.76. The normalized spacial score (nSPS) is 17.3. The lowest BCUT2D eigenvalue weighted by atomic mass is 10.1. The van der Waals surface area contributed by atoms with Crippen molar-refractivity contribution in [2.45, 2.75) is 19.1 Å². The van der Waals surface area contributed by atoms with Gasteiger partial charge in [-0.2, -0.15) is 0 Å². The molecule has 1 saturated heterocycles. The molecule has 0 saturated carbocycles. The number of piperazine rings is 1. The van der Waals surface area contributed by atoms with E-state index in [1.807, 2.05) is 34.9 Å². The second-order valence-electron chi connectivity index (χ2n) is 8.47. The third-order valence-corrected chi connectivity index (χ3v) is 6.15. The summed E-state index contributed by atoms with van der Waals surface area (Å²) < 4.78 is 1.95. The van der Waals surface area contributed by atoms with E-state index in [-0.39, 0.29) is 11.9 Å². The number of fused-ring (bicyclic) bond motifs is 1. The zero-order valence-electron chi connectivity index (χ0n) is 18.6. The number of hydrogen-bond donors (Lipinski definition) is 1. The Balaban J connectivity index is 1.34. The van der Waals surface area contributed by atoms with Crippen LogP contribution in [0.3, 0.4) is 0 Å². The molecule has 0 bridgehead atoms. The van der Waals surface area contributed by atoms with Crippen molar-refractivity contribution in [1.29, 1.82) is 0 Å². The van der Waals surface area contributed by atoms with E-state index in [9.17, 15) is 4.79 Å². The van der Waals surface area contributed by atoms with Crippen LogP contribution in [0.25, 0.3) is 5.65 Å². The molecule has 4 heterocycles. The Morgan fingerprint density at radius 3 is 2.70 bits per heavy atom. The summed E-state index contributed by atoms with van der Waals surface area (Å²) in [6, 6.07) is 18.1. The number of pyridine rings is 2. The summed E-state index contributed by atoms with van der Waals surface area (Å²) in [5.74, 6) is 0.718. The summed E-state index contributed by atoms with van der Waals surface area (Å²) in [6.07, 6.45) is 5.31. The minimum absolute atomic E-state index is 0.0890. The smallest absolute Gasteiger partial charge is 0.253 e. The van der Waals surface area contributed by atoms with Gasteiger partial charge in [0.1, 0.15) is 0 Å². The highest BCUT2D eigenvalue weighted by molar-refractivity contribution is 5.94. The van der Waals surface area contributed by atoms with E-state index < -0.39 is 0 Å². The maximum absolute atomic E-state index is 12.8. The van der Waals surface area contributed by atoms with Crippen LogP contribution in [-0.4, -0.2) is 62.0 Å². The van der Waals surface area contributed by atoms with Gasteiger partial charge in [0.15, 0.2) is 11.5 Å². The van der Waals surface area contributed by atoms with E-state index in [1.165, 1.54) is 5.56 Å². The fourth-order valence-electron chi connectivity index (χ4n) is 4.25. The molecule has 5 rings (SSSR count). The number of nitrogens with zero attached hydrogens (tertiary/aromatic N) is 6. The van der Waals surface area contributed by atoms with Crippen LogP contribution in [0.5, 0.6) is 0 Å². The van der Waals surface area contributed by atoms with Crippen LogP contribution in [0, 0.1) is 0 Å². The zero-order chi connectivity index (χ0) is 22.6. The first kappa shape index (κ1) is 21.2. The number of hydrogen-bond acceptors (Lipinski definition) is 6. The molecule has 0 aliphatic carbocycles. The quantitative estimate of drug-likeness (QED) is 0.496. The van der Waals surface area contributed by atoms with Crippen molar-refractivity contribution in [2.24, 2.45) is 0 Å². The summed E-state index contributed by atoms with van der Waals surface area (Å²) in [6.45, 7) is 4.13. The Kier molecular flexibility index (Phi) is 6.10. The van der Waals surface area contributed by atoms with Gasteiger partial charge in [0.05, 0.1) is 11.6 Å². The molecular formula is C25H27N7O. The summed E-state index contributed by atoms with van der Waals surface area (Å²) >= 11 is 0. The Hall–Kier alpha value is -3.62. The molecule has 1 aliphatic heterocycles. The summed E-state index contributed by atoms with van der Waals surface area (Å²) in [7, 11) is 2.12. The van der Waals surface area contributed by atoms with Crippen molar-refractivity contribution in [3.63, 3.8) is 0 Å². The van der Waals surface area contributed by atoms with Crippen LogP contribution in [0.1, 0.15) is 33.4 Å². The van der Waals surface area contributed by atoms with Gasteiger partial charge in [-0.1, -0.05) is 36.4 Å². The lowest BCUT2D eigenvalue weighted by Gasteiger charge is -2.38. The van der Waals surface area contributed by atoms with E-state index in [4.69, 9.17) is 0 Å². The van der Waals surface area contributed by atoms with E-state index in [0.717, 1.165) is 43.2 Å². The predicted molar refractivity (Wildman–Crippen MR) is 125 cm³/mol. The van der Waals surface area contributed by atoms with Gasteiger partial charge < -0.3 is 5.32 Å². The topological polar surface area (TPSA) is 78.7 Å². The molecular weight excluding hydrogens is 414 g/mol. The highest BCUT2D eigenvalue weighted by Gasteiger charge is 2.29. The molecule has 0 unspecified atom stereocenters. The Bertz CT molecular complexity index is 1230. The summed E-state index contributed by atoms with van der Waals surface area (Å²) in [5.41, 5.74) is 3.58. The Labute approximate surface area is 192 Å². The number of carbonyl (C=O) groups excluding carboxylic acids is 1. The average molecular weight is 442 g/mol. The van der Waals surface area contributed by atoms with Crippen molar-refractivity contribution >= 4 is 11.6 Å². The van der Waals surface area contributed by atoms with Crippen molar-refractivity contribution < 1.29 is 4.79 Å². The standard InChI is InChI=1S/C25H27N7O/c1-30-12-13-31(16-19-6-3-2-4-7-19)18-22(30)24-29-28-23-10-9-21(17-32(23)24)25(33)27-15-20-8-5-11-26-14-20/h2-11,14,17,22H,12-13,15-16,18H2,1H3,(H,27,33)/t22-/m1/s1.